The van der Waals surface area contributed by atoms with Crippen LogP contribution in [0.15, 0.2) is 36.4 Å². The van der Waals surface area contributed by atoms with Crippen LogP contribution in [-0.2, 0) is 12.4 Å². The molecule has 0 aliphatic heterocycles. The van der Waals surface area contributed by atoms with E-state index in [2.05, 4.69) is 0 Å². The van der Waals surface area contributed by atoms with E-state index in [0.717, 1.165) is 0 Å². The predicted molar refractivity (Wildman–Crippen MR) is 116 cm³/mol. The molecular weight excluding hydrogens is 558 g/mol. The number of nitrogens with zero attached hydrogens (tertiary/aromatic N) is 4. The Kier molecular flexibility index (Phi) is 7.62. The zero-order chi connectivity index (χ0) is 30.2. The first-order valence-electron chi connectivity index (χ1n) is 10.3. The van der Waals surface area contributed by atoms with E-state index in [4.69, 9.17) is 0 Å². The van der Waals surface area contributed by atoms with Crippen LogP contribution in [0, 0.1) is 68.6 Å². The molecule has 0 unspecified atom stereocenters. The zero-order valence-electron chi connectivity index (χ0n) is 19.0. The molecule has 200 valence electrons. The lowest BCUT2D eigenvalue weighted by Gasteiger charge is -2.16. The van der Waals surface area contributed by atoms with Gasteiger partial charge in [-0.15, -0.1) is 0 Å². The van der Waals surface area contributed by atoms with Crippen LogP contribution in [0.1, 0.15) is 11.1 Å². The van der Waals surface area contributed by atoms with Crippen molar-refractivity contribution >= 4 is 11.1 Å². The smallest absolute Gasteiger partial charge is 0.206 e. The Bertz CT molecular complexity index is 1690. The summed E-state index contributed by atoms with van der Waals surface area (Å²) in [6.45, 7) is 0. The first-order chi connectivity index (χ1) is 18.6. The van der Waals surface area contributed by atoms with E-state index in [-0.39, 0.29) is 24.3 Å². The first kappa shape index (κ1) is 29.2. The number of hydrogen-bond acceptors (Lipinski definition) is 4. The van der Waals surface area contributed by atoms with Crippen LogP contribution >= 0.6 is 0 Å². The van der Waals surface area contributed by atoms with Crippen LogP contribution in [0.5, 0.6) is 0 Å². The minimum absolute atomic E-state index is 0.00455. The summed E-state index contributed by atoms with van der Waals surface area (Å²) in [5.41, 5.74) is -11.1. The van der Waals surface area contributed by atoms with Crippen molar-refractivity contribution in [1.29, 1.82) is 21.0 Å². The molecule has 14 heteroatoms. The van der Waals surface area contributed by atoms with E-state index in [1.807, 2.05) is 0 Å². The third kappa shape index (κ3) is 5.03. The van der Waals surface area contributed by atoms with Crippen molar-refractivity contribution in [2.45, 2.75) is 12.4 Å². The van der Waals surface area contributed by atoms with Crippen LogP contribution in [-0.4, -0.2) is 0 Å². The summed E-state index contributed by atoms with van der Waals surface area (Å²) in [6.07, 6.45) is -10.7. The molecule has 40 heavy (non-hydrogen) atoms. The summed E-state index contributed by atoms with van der Waals surface area (Å²) < 4.78 is 140. The SMILES string of the molecule is N#CC(C#N)=c1c(F)c(-c2ccc(F)c(C(F)(F)F)c2)c(=C(C#N)C#N)c(F)c1-c1ccc(F)c(C(F)(F)F)c1. The van der Waals surface area contributed by atoms with Gasteiger partial charge in [0.05, 0.1) is 21.6 Å². The maximum atomic E-state index is 16.2. The molecule has 0 amide bonds. The average Bonchev–Trinajstić information content (AvgIpc) is 2.87. The number of rotatable bonds is 2. The second-order valence-corrected chi connectivity index (χ2v) is 7.71. The van der Waals surface area contributed by atoms with Gasteiger partial charge in [0, 0.05) is 11.1 Å². The van der Waals surface area contributed by atoms with Gasteiger partial charge < -0.3 is 0 Å². The molecule has 3 rings (SSSR count). The number of benzene rings is 3. The average molecular weight is 564 g/mol. The fraction of sp³-hybridized carbons (Fsp3) is 0.0769. The van der Waals surface area contributed by atoms with Gasteiger partial charge in [0.1, 0.15) is 58.7 Å². The van der Waals surface area contributed by atoms with Gasteiger partial charge in [-0.05, 0) is 35.4 Å². The molecule has 0 heterocycles. The topological polar surface area (TPSA) is 95.2 Å². The van der Waals surface area contributed by atoms with Gasteiger partial charge in [-0.3, -0.25) is 0 Å². The summed E-state index contributed by atoms with van der Waals surface area (Å²) in [7, 11) is 0. The highest BCUT2D eigenvalue weighted by molar-refractivity contribution is 5.86. The maximum Gasteiger partial charge on any atom is 0.419 e. The predicted octanol–water partition coefficient (Wildman–Crippen LogP) is 6.01. The molecule has 0 radical (unpaired) electrons. The van der Waals surface area contributed by atoms with Crippen molar-refractivity contribution in [1.82, 2.24) is 0 Å². The van der Waals surface area contributed by atoms with E-state index in [1.54, 1.807) is 0 Å². The van der Waals surface area contributed by atoms with Gasteiger partial charge in [0.25, 0.3) is 0 Å². The van der Waals surface area contributed by atoms with Crippen LogP contribution in [0.25, 0.3) is 33.4 Å². The number of hydrogen-bond donors (Lipinski definition) is 0. The van der Waals surface area contributed by atoms with Crippen LogP contribution < -0.4 is 10.4 Å². The van der Waals surface area contributed by atoms with E-state index in [1.165, 1.54) is 24.3 Å². The second kappa shape index (κ2) is 10.4. The first-order valence-corrected chi connectivity index (χ1v) is 10.3. The Balaban J connectivity index is 2.77. The molecule has 0 aromatic heterocycles. The molecular formula is C26H6F10N4. The molecule has 0 spiro atoms. The number of halogens is 10. The van der Waals surface area contributed by atoms with Gasteiger partial charge in [0.2, 0.25) is 0 Å². The quantitative estimate of drug-likeness (QED) is 0.357. The third-order valence-corrected chi connectivity index (χ3v) is 5.45. The van der Waals surface area contributed by atoms with Crippen molar-refractivity contribution in [3.8, 4) is 46.5 Å². The summed E-state index contributed by atoms with van der Waals surface area (Å²) in [6, 6.07) is 6.17. The number of alkyl halides is 6. The van der Waals surface area contributed by atoms with E-state index in [0.29, 0.717) is 12.1 Å². The molecule has 3 aromatic carbocycles. The summed E-state index contributed by atoms with van der Waals surface area (Å²) in [4.78, 5) is 0. The molecule has 0 atom stereocenters. The summed E-state index contributed by atoms with van der Waals surface area (Å²) >= 11 is 0. The lowest BCUT2D eigenvalue weighted by Crippen LogP contribution is -2.29. The highest BCUT2D eigenvalue weighted by atomic mass is 19.4. The van der Waals surface area contributed by atoms with E-state index in [9.17, 15) is 56.2 Å². The van der Waals surface area contributed by atoms with Gasteiger partial charge >= 0.3 is 12.4 Å². The molecule has 0 aliphatic rings. The molecule has 0 saturated heterocycles. The minimum atomic E-state index is -5.37. The molecule has 0 saturated carbocycles. The Labute approximate surface area is 216 Å². The van der Waals surface area contributed by atoms with Crippen LogP contribution in [0.4, 0.5) is 43.9 Å². The third-order valence-electron chi connectivity index (χ3n) is 5.45. The van der Waals surface area contributed by atoms with Crippen molar-refractivity contribution in [3.63, 3.8) is 0 Å². The molecule has 0 fully saturated rings. The normalized spacial score (nSPS) is 11.2. The van der Waals surface area contributed by atoms with Gasteiger partial charge in [0.15, 0.2) is 0 Å². The zero-order valence-corrected chi connectivity index (χ0v) is 19.0. The van der Waals surface area contributed by atoms with Crippen molar-refractivity contribution in [3.05, 3.63) is 81.2 Å². The van der Waals surface area contributed by atoms with E-state index >= 15 is 8.78 Å². The second-order valence-electron chi connectivity index (χ2n) is 7.71. The molecule has 0 bridgehead atoms. The van der Waals surface area contributed by atoms with E-state index < -0.39 is 90.6 Å². The Morgan fingerprint density at radius 2 is 0.825 bits per heavy atom. The van der Waals surface area contributed by atoms with Crippen LogP contribution in [0.3, 0.4) is 0 Å². The summed E-state index contributed by atoms with van der Waals surface area (Å²) in [5, 5.41) is 34.7. The maximum absolute atomic E-state index is 16.2. The standard InChI is InChI=1S/C26H6F10N4/c27-17-3-1-11(5-15(17)25(31,32)33)19-21(13(7-37)8-38)24(30)20(22(23(19)29)14(9-39)10-40)12-2-4-18(28)16(6-12)26(34,35)36/h1-6H. The highest BCUT2D eigenvalue weighted by Gasteiger charge is 2.36. The van der Waals surface area contributed by atoms with Crippen LogP contribution in [0.2, 0.25) is 0 Å². The van der Waals surface area contributed by atoms with Crippen molar-refractivity contribution in [2.75, 3.05) is 0 Å². The van der Waals surface area contributed by atoms with Gasteiger partial charge in [-0.2, -0.15) is 47.4 Å². The number of nitriles is 4. The minimum Gasteiger partial charge on any atom is -0.206 e. The molecule has 0 aliphatic carbocycles. The monoisotopic (exact) mass is 564 g/mol. The molecule has 3 aromatic rings. The Morgan fingerprint density at radius 1 is 0.525 bits per heavy atom. The fourth-order valence-corrected chi connectivity index (χ4v) is 3.77. The van der Waals surface area contributed by atoms with Crippen molar-refractivity contribution < 1.29 is 43.9 Å². The Hall–Kier alpha value is -5.34. The largest absolute Gasteiger partial charge is 0.419 e. The highest BCUT2D eigenvalue weighted by Crippen LogP contribution is 2.36. The summed E-state index contributed by atoms with van der Waals surface area (Å²) in [5.74, 6) is -7.50. The Morgan fingerprint density at radius 3 is 1.07 bits per heavy atom. The lowest BCUT2D eigenvalue weighted by molar-refractivity contribution is -0.140. The lowest BCUT2D eigenvalue weighted by atomic mass is 9.89. The fourth-order valence-electron chi connectivity index (χ4n) is 3.77. The van der Waals surface area contributed by atoms with Gasteiger partial charge in [-0.25, -0.2) is 17.6 Å². The van der Waals surface area contributed by atoms with Gasteiger partial charge in [-0.1, -0.05) is 12.1 Å². The molecule has 0 N–H and O–H groups in total. The molecule has 4 nitrogen and oxygen atoms in total. The van der Waals surface area contributed by atoms with Crippen molar-refractivity contribution in [2.24, 2.45) is 0 Å².